The van der Waals surface area contributed by atoms with Crippen LogP contribution in [-0.2, 0) is 21.9 Å². The molecule has 1 aliphatic rings. The summed E-state index contributed by atoms with van der Waals surface area (Å²) >= 11 is 1.03. The van der Waals surface area contributed by atoms with E-state index in [0.29, 0.717) is 41.1 Å². The van der Waals surface area contributed by atoms with Crippen molar-refractivity contribution in [3.05, 3.63) is 52.1 Å². The van der Waals surface area contributed by atoms with Crippen molar-refractivity contribution in [2.45, 2.75) is 24.7 Å². The van der Waals surface area contributed by atoms with Gasteiger partial charge in [0.25, 0.3) is 0 Å². The van der Waals surface area contributed by atoms with E-state index in [9.17, 15) is 18.0 Å². The Labute approximate surface area is 190 Å². The summed E-state index contributed by atoms with van der Waals surface area (Å²) in [5, 5.41) is 2.92. The minimum Gasteiger partial charge on any atom is -0.492 e. The second-order valence-corrected chi connectivity index (χ2v) is 10.6. The van der Waals surface area contributed by atoms with Gasteiger partial charge in [-0.2, -0.15) is 4.31 Å². The molecule has 2 aromatic carbocycles. The number of nitrogens with zero attached hydrogens (tertiary/aromatic N) is 2. The van der Waals surface area contributed by atoms with Crippen LogP contribution in [0.2, 0.25) is 0 Å². The van der Waals surface area contributed by atoms with Gasteiger partial charge in [-0.15, -0.1) is 0 Å². The lowest BCUT2D eigenvalue weighted by Gasteiger charge is -2.30. The van der Waals surface area contributed by atoms with E-state index in [1.807, 2.05) is 19.1 Å². The third-order valence-corrected chi connectivity index (χ3v) is 8.56. The van der Waals surface area contributed by atoms with Gasteiger partial charge in [-0.3, -0.25) is 9.59 Å². The number of thiazole rings is 1. The topological polar surface area (TPSA) is 97.7 Å². The van der Waals surface area contributed by atoms with Gasteiger partial charge in [-0.25, -0.2) is 8.42 Å². The van der Waals surface area contributed by atoms with Crippen LogP contribution >= 0.6 is 11.3 Å². The molecule has 4 rings (SSSR count). The molecule has 1 N–H and O–H groups in total. The molecule has 1 aromatic heterocycles. The maximum atomic E-state index is 13.1. The monoisotopic (exact) mass is 475 g/mol. The first-order chi connectivity index (χ1) is 15.3. The lowest BCUT2D eigenvalue weighted by molar-refractivity contribution is -0.120. The number of carbonyl (C=O) groups is 1. The Morgan fingerprint density at radius 3 is 2.62 bits per heavy atom. The number of amides is 1. The first-order valence-electron chi connectivity index (χ1n) is 10.4. The van der Waals surface area contributed by atoms with Crippen LogP contribution in [0.1, 0.15) is 19.8 Å². The van der Waals surface area contributed by atoms with Gasteiger partial charge >= 0.3 is 4.87 Å². The molecule has 32 heavy (non-hydrogen) atoms. The number of carbonyl (C=O) groups excluding carboxylic acids is 1. The number of hydrogen-bond acceptors (Lipinski definition) is 6. The quantitative estimate of drug-likeness (QED) is 0.591. The number of rotatable bonds is 6. The number of para-hydroxylation sites is 2. The first kappa shape index (κ1) is 22.5. The van der Waals surface area contributed by atoms with E-state index in [-0.39, 0.29) is 34.7 Å². The predicted molar refractivity (Wildman–Crippen MR) is 125 cm³/mol. The van der Waals surface area contributed by atoms with Crippen molar-refractivity contribution in [1.29, 1.82) is 0 Å². The third kappa shape index (κ3) is 4.30. The van der Waals surface area contributed by atoms with Gasteiger partial charge in [0.15, 0.2) is 0 Å². The Bertz CT molecular complexity index is 1300. The number of nitrogens with one attached hydrogen (secondary N) is 1. The van der Waals surface area contributed by atoms with Crippen LogP contribution in [0.5, 0.6) is 5.75 Å². The average Bonchev–Trinajstić information content (AvgIpc) is 3.08. The molecule has 2 heterocycles. The zero-order chi connectivity index (χ0) is 22.9. The molecule has 0 unspecified atom stereocenters. The van der Waals surface area contributed by atoms with Crippen molar-refractivity contribution < 1.29 is 17.9 Å². The number of aryl methyl sites for hydroxylation is 1. The number of anilines is 1. The second kappa shape index (κ2) is 9.05. The summed E-state index contributed by atoms with van der Waals surface area (Å²) in [7, 11) is -2.04. The Morgan fingerprint density at radius 2 is 1.91 bits per heavy atom. The van der Waals surface area contributed by atoms with Crippen molar-refractivity contribution in [2.24, 2.45) is 13.0 Å². The lowest BCUT2D eigenvalue weighted by Crippen LogP contribution is -2.41. The highest BCUT2D eigenvalue weighted by Gasteiger charge is 2.32. The summed E-state index contributed by atoms with van der Waals surface area (Å²) in [5.74, 6) is 0.199. The van der Waals surface area contributed by atoms with Crippen molar-refractivity contribution in [2.75, 3.05) is 25.0 Å². The van der Waals surface area contributed by atoms with Crippen LogP contribution in [0.25, 0.3) is 10.2 Å². The SMILES string of the molecule is CCOc1ccccc1NC(=O)C1CCN(S(=O)(=O)c2ccc3c(c2)sc(=O)n3C)CC1. The van der Waals surface area contributed by atoms with E-state index in [1.165, 1.54) is 14.9 Å². The van der Waals surface area contributed by atoms with Crippen LogP contribution in [0.4, 0.5) is 5.69 Å². The molecule has 0 aliphatic carbocycles. The highest BCUT2D eigenvalue weighted by atomic mass is 32.2. The number of aromatic nitrogens is 1. The fraction of sp³-hybridized carbons (Fsp3) is 0.364. The molecule has 1 saturated heterocycles. The molecule has 10 heteroatoms. The summed E-state index contributed by atoms with van der Waals surface area (Å²) in [6, 6.07) is 12.0. The molecule has 1 fully saturated rings. The predicted octanol–water partition coefficient (Wildman–Crippen LogP) is 3.04. The van der Waals surface area contributed by atoms with E-state index in [0.717, 1.165) is 11.3 Å². The minimum atomic E-state index is -3.70. The van der Waals surface area contributed by atoms with Gasteiger partial charge in [0.2, 0.25) is 15.9 Å². The molecular weight excluding hydrogens is 450 g/mol. The number of ether oxygens (including phenoxy) is 1. The molecule has 0 radical (unpaired) electrons. The Balaban J connectivity index is 1.44. The van der Waals surface area contributed by atoms with Crippen molar-refractivity contribution in [3.63, 3.8) is 0 Å². The maximum Gasteiger partial charge on any atom is 0.307 e. The second-order valence-electron chi connectivity index (χ2n) is 7.65. The van der Waals surface area contributed by atoms with Crippen LogP contribution in [-0.4, -0.2) is 42.9 Å². The zero-order valence-corrected chi connectivity index (χ0v) is 19.5. The molecule has 170 valence electrons. The number of fused-ring (bicyclic) bond motifs is 1. The van der Waals surface area contributed by atoms with Gasteiger partial charge in [0.1, 0.15) is 5.75 Å². The van der Waals surface area contributed by atoms with E-state index in [4.69, 9.17) is 4.74 Å². The van der Waals surface area contributed by atoms with Crippen LogP contribution < -0.4 is 14.9 Å². The van der Waals surface area contributed by atoms with Crippen LogP contribution in [0.3, 0.4) is 0 Å². The van der Waals surface area contributed by atoms with Gasteiger partial charge < -0.3 is 14.6 Å². The number of benzene rings is 2. The largest absolute Gasteiger partial charge is 0.492 e. The number of hydrogen-bond donors (Lipinski definition) is 1. The maximum absolute atomic E-state index is 13.1. The normalized spacial score (nSPS) is 15.7. The molecule has 1 amide bonds. The average molecular weight is 476 g/mol. The highest BCUT2D eigenvalue weighted by Crippen LogP contribution is 2.29. The summed E-state index contributed by atoms with van der Waals surface area (Å²) in [6.45, 7) is 2.90. The first-order valence-corrected chi connectivity index (χ1v) is 12.7. The third-order valence-electron chi connectivity index (χ3n) is 5.67. The molecule has 3 aromatic rings. The van der Waals surface area contributed by atoms with E-state index in [2.05, 4.69) is 5.32 Å². The summed E-state index contributed by atoms with van der Waals surface area (Å²) in [6.07, 6.45) is 0.867. The van der Waals surface area contributed by atoms with Gasteiger partial charge in [0.05, 0.1) is 27.4 Å². The van der Waals surface area contributed by atoms with Gasteiger partial charge in [-0.1, -0.05) is 23.5 Å². The Morgan fingerprint density at radius 1 is 1.19 bits per heavy atom. The molecule has 0 atom stereocenters. The molecule has 0 saturated carbocycles. The summed E-state index contributed by atoms with van der Waals surface area (Å²) in [5.41, 5.74) is 1.33. The van der Waals surface area contributed by atoms with Crippen molar-refractivity contribution >= 4 is 43.2 Å². The molecule has 0 spiro atoms. The molecular formula is C22H25N3O5S2. The minimum absolute atomic E-state index is 0.132. The molecule has 8 nitrogen and oxygen atoms in total. The van der Waals surface area contributed by atoms with E-state index >= 15 is 0 Å². The van der Waals surface area contributed by atoms with Gasteiger partial charge in [-0.05, 0) is 50.1 Å². The number of sulfonamides is 1. The van der Waals surface area contributed by atoms with Crippen molar-refractivity contribution in [1.82, 2.24) is 8.87 Å². The fourth-order valence-electron chi connectivity index (χ4n) is 3.87. The summed E-state index contributed by atoms with van der Waals surface area (Å²) in [4.78, 5) is 24.7. The molecule has 1 aliphatic heterocycles. The van der Waals surface area contributed by atoms with Crippen molar-refractivity contribution in [3.8, 4) is 5.75 Å². The molecule has 0 bridgehead atoms. The standard InChI is InChI=1S/C22H25N3O5S2/c1-3-30-19-7-5-4-6-17(19)23-21(26)15-10-12-25(13-11-15)32(28,29)16-8-9-18-20(14-16)31-22(27)24(18)2/h4-9,14-15H,3,10-13H2,1-2H3,(H,23,26). The van der Waals surface area contributed by atoms with Gasteiger partial charge in [0, 0.05) is 26.1 Å². The zero-order valence-electron chi connectivity index (χ0n) is 17.9. The van der Waals surface area contributed by atoms with Crippen LogP contribution in [0, 0.1) is 5.92 Å². The highest BCUT2D eigenvalue weighted by molar-refractivity contribution is 7.89. The Hall–Kier alpha value is -2.69. The summed E-state index contributed by atoms with van der Waals surface area (Å²) < 4.78 is 35.4. The van der Waals surface area contributed by atoms with E-state index < -0.39 is 10.0 Å². The van der Waals surface area contributed by atoms with E-state index in [1.54, 1.807) is 31.3 Å². The Kier molecular flexibility index (Phi) is 6.36. The fourth-order valence-corrected chi connectivity index (χ4v) is 6.36. The van der Waals surface area contributed by atoms with Crippen LogP contribution in [0.15, 0.2) is 52.2 Å². The smallest absolute Gasteiger partial charge is 0.307 e. The number of piperidine rings is 1. The lowest BCUT2D eigenvalue weighted by atomic mass is 9.97.